The Morgan fingerprint density at radius 2 is 2.22 bits per heavy atom. The Labute approximate surface area is 107 Å². The number of likely N-dealkylation sites (tertiary alicyclic amines) is 1. The first-order valence-corrected chi connectivity index (χ1v) is 6.28. The van der Waals surface area contributed by atoms with Crippen molar-refractivity contribution in [2.24, 2.45) is 0 Å². The van der Waals surface area contributed by atoms with E-state index >= 15 is 0 Å². The maximum absolute atomic E-state index is 12.1. The molecule has 1 rings (SSSR count). The molecule has 0 aromatic carbocycles. The van der Waals surface area contributed by atoms with Crippen molar-refractivity contribution in [1.29, 1.82) is 0 Å². The van der Waals surface area contributed by atoms with Crippen LogP contribution < -0.4 is 5.32 Å². The largest absolute Gasteiger partial charge is 0.480 e. The summed E-state index contributed by atoms with van der Waals surface area (Å²) in [6.07, 6.45) is 0.505. The van der Waals surface area contributed by atoms with Crippen molar-refractivity contribution >= 4 is 11.9 Å². The van der Waals surface area contributed by atoms with Gasteiger partial charge in [-0.3, -0.25) is 4.79 Å². The summed E-state index contributed by atoms with van der Waals surface area (Å²) in [6, 6.07) is -0.699. The van der Waals surface area contributed by atoms with E-state index in [4.69, 9.17) is 9.84 Å². The van der Waals surface area contributed by atoms with Crippen LogP contribution in [0.1, 0.15) is 26.7 Å². The van der Waals surface area contributed by atoms with Crippen LogP contribution in [0.5, 0.6) is 0 Å². The molecule has 1 heterocycles. The van der Waals surface area contributed by atoms with Crippen molar-refractivity contribution in [1.82, 2.24) is 10.2 Å². The Kier molecular flexibility index (Phi) is 5.55. The SMILES string of the molecule is CCNC(C)CC(=O)N1CC(OC)CC1C(=O)O. The van der Waals surface area contributed by atoms with Crippen molar-refractivity contribution in [2.45, 2.75) is 44.9 Å². The second-order valence-electron chi connectivity index (χ2n) is 4.66. The Bertz CT molecular complexity index is 308. The summed E-state index contributed by atoms with van der Waals surface area (Å²) in [5, 5.41) is 12.3. The Hall–Kier alpha value is -1.14. The summed E-state index contributed by atoms with van der Waals surface area (Å²) in [5.74, 6) is -1.09. The summed E-state index contributed by atoms with van der Waals surface area (Å²) in [7, 11) is 1.54. The van der Waals surface area contributed by atoms with E-state index in [-0.39, 0.29) is 18.1 Å². The van der Waals surface area contributed by atoms with E-state index in [1.165, 1.54) is 4.90 Å². The molecule has 0 aliphatic carbocycles. The Morgan fingerprint density at radius 1 is 1.56 bits per heavy atom. The summed E-state index contributed by atoms with van der Waals surface area (Å²) in [4.78, 5) is 24.6. The standard InChI is InChI=1S/C12H22N2O4/c1-4-13-8(2)5-11(15)14-7-9(18-3)6-10(14)12(16)17/h8-10,13H,4-7H2,1-3H3,(H,16,17). The molecular weight excluding hydrogens is 236 g/mol. The van der Waals surface area contributed by atoms with Gasteiger partial charge in [0.1, 0.15) is 6.04 Å². The number of methoxy groups -OCH3 is 1. The molecule has 0 saturated carbocycles. The second kappa shape index (κ2) is 6.70. The highest BCUT2D eigenvalue weighted by molar-refractivity contribution is 5.84. The lowest BCUT2D eigenvalue weighted by Gasteiger charge is -2.23. The number of nitrogens with zero attached hydrogens (tertiary/aromatic N) is 1. The third-order valence-electron chi connectivity index (χ3n) is 3.23. The fourth-order valence-corrected chi connectivity index (χ4v) is 2.28. The van der Waals surface area contributed by atoms with Crippen molar-refractivity contribution in [3.05, 3.63) is 0 Å². The molecular formula is C12H22N2O4. The number of carbonyl (C=O) groups is 2. The van der Waals surface area contributed by atoms with Crippen LogP contribution in [0.15, 0.2) is 0 Å². The highest BCUT2D eigenvalue weighted by Crippen LogP contribution is 2.21. The minimum absolute atomic E-state index is 0.0542. The maximum Gasteiger partial charge on any atom is 0.326 e. The van der Waals surface area contributed by atoms with E-state index in [0.717, 1.165) is 6.54 Å². The number of hydrogen-bond acceptors (Lipinski definition) is 4. The summed E-state index contributed by atoms with van der Waals surface area (Å²) < 4.78 is 5.15. The fraction of sp³-hybridized carbons (Fsp3) is 0.833. The third-order valence-corrected chi connectivity index (χ3v) is 3.23. The Morgan fingerprint density at radius 3 is 2.72 bits per heavy atom. The van der Waals surface area contributed by atoms with Gasteiger partial charge in [-0.25, -0.2) is 4.79 Å². The molecule has 1 amide bonds. The quantitative estimate of drug-likeness (QED) is 0.705. The molecule has 1 aliphatic heterocycles. The lowest BCUT2D eigenvalue weighted by atomic mass is 10.2. The van der Waals surface area contributed by atoms with E-state index in [9.17, 15) is 9.59 Å². The van der Waals surface area contributed by atoms with Crippen molar-refractivity contribution < 1.29 is 19.4 Å². The minimum atomic E-state index is -0.959. The van der Waals surface area contributed by atoms with Gasteiger partial charge in [-0.2, -0.15) is 0 Å². The van der Waals surface area contributed by atoms with Gasteiger partial charge in [0.25, 0.3) is 0 Å². The number of carbonyl (C=O) groups excluding carboxylic acids is 1. The molecule has 0 bridgehead atoms. The molecule has 6 heteroatoms. The van der Waals surface area contributed by atoms with E-state index in [2.05, 4.69) is 5.32 Å². The van der Waals surface area contributed by atoms with E-state index < -0.39 is 12.0 Å². The molecule has 104 valence electrons. The molecule has 1 saturated heterocycles. The van der Waals surface area contributed by atoms with Gasteiger partial charge in [-0.1, -0.05) is 6.92 Å². The first-order valence-electron chi connectivity index (χ1n) is 6.28. The number of carboxylic acid groups (broad SMARTS) is 1. The Balaban J connectivity index is 2.62. The van der Waals surface area contributed by atoms with Crippen molar-refractivity contribution in [2.75, 3.05) is 20.2 Å². The molecule has 3 unspecified atom stereocenters. The molecule has 1 fully saturated rings. The van der Waals surface area contributed by atoms with E-state index in [1.54, 1.807) is 7.11 Å². The maximum atomic E-state index is 12.1. The predicted octanol–water partition coefficient (Wildman–Crippen LogP) is 0.0750. The normalized spacial score (nSPS) is 25.2. The third kappa shape index (κ3) is 3.68. The van der Waals surface area contributed by atoms with Crippen LogP contribution in [-0.4, -0.2) is 60.3 Å². The summed E-state index contributed by atoms with van der Waals surface area (Å²) >= 11 is 0. The summed E-state index contributed by atoms with van der Waals surface area (Å²) in [6.45, 7) is 5.04. The van der Waals surface area contributed by atoms with Gasteiger partial charge in [0.05, 0.1) is 6.10 Å². The zero-order valence-electron chi connectivity index (χ0n) is 11.2. The monoisotopic (exact) mass is 258 g/mol. The van der Waals surface area contributed by atoms with Gasteiger partial charge in [-0.15, -0.1) is 0 Å². The number of nitrogens with one attached hydrogen (secondary N) is 1. The van der Waals surface area contributed by atoms with Crippen LogP contribution >= 0.6 is 0 Å². The smallest absolute Gasteiger partial charge is 0.326 e. The highest BCUT2D eigenvalue weighted by Gasteiger charge is 2.39. The number of ether oxygens (including phenoxy) is 1. The van der Waals surface area contributed by atoms with Gasteiger partial charge in [0, 0.05) is 32.5 Å². The topological polar surface area (TPSA) is 78.9 Å². The molecule has 1 aliphatic rings. The minimum Gasteiger partial charge on any atom is -0.480 e. The lowest BCUT2D eigenvalue weighted by Crippen LogP contribution is -2.43. The first kappa shape index (κ1) is 14.9. The molecule has 0 radical (unpaired) electrons. The van der Waals surface area contributed by atoms with Crippen LogP contribution in [0.2, 0.25) is 0 Å². The van der Waals surface area contributed by atoms with Crippen LogP contribution in [0.25, 0.3) is 0 Å². The number of rotatable bonds is 6. The fourth-order valence-electron chi connectivity index (χ4n) is 2.28. The van der Waals surface area contributed by atoms with E-state index in [0.29, 0.717) is 19.4 Å². The van der Waals surface area contributed by atoms with Crippen molar-refractivity contribution in [3.63, 3.8) is 0 Å². The van der Waals surface area contributed by atoms with Gasteiger partial charge in [-0.05, 0) is 13.5 Å². The molecule has 0 spiro atoms. The van der Waals surface area contributed by atoms with Crippen LogP contribution in [0, 0.1) is 0 Å². The average Bonchev–Trinajstić information content (AvgIpc) is 2.73. The first-order chi connectivity index (χ1) is 8.49. The van der Waals surface area contributed by atoms with Crippen LogP contribution in [0.3, 0.4) is 0 Å². The molecule has 0 aromatic rings. The number of carboxylic acids is 1. The van der Waals surface area contributed by atoms with Crippen LogP contribution in [0.4, 0.5) is 0 Å². The molecule has 0 aromatic heterocycles. The highest BCUT2D eigenvalue weighted by atomic mass is 16.5. The predicted molar refractivity (Wildman–Crippen MR) is 66.3 cm³/mol. The zero-order valence-corrected chi connectivity index (χ0v) is 11.2. The summed E-state index contributed by atoms with van der Waals surface area (Å²) in [5.41, 5.74) is 0. The molecule has 3 atom stereocenters. The number of hydrogen-bond donors (Lipinski definition) is 2. The molecule has 6 nitrogen and oxygen atoms in total. The lowest BCUT2D eigenvalue weighted by molar-refractivity contribution is -0.148. The van der Waals surface area contributed by atoms with Crippen LogP contribution in [-0.2, 0) is 14.3 Å². The van der Waals surface area contributed by atoms with Gasteiger partial charge in [0.15, 0.2) is 0 Å². The molecule has 2 N–H and O–H groups in total. The number of amides is 1. The average molecular weight is 258 g/mol. The number of aliphatic carboxylic acids is 1. The van der Waals surface area contributed by atoms with Gasteiger partial charge in [0.2, 0.25) is 5.91 Å². The molecule has 18 heavy (non-hydrogen) atoms. The zero-order chi connectivity index (χ0) is 13.7. The van der Waals surface area contributed by atoms with Gasteiger partial charge < -0.3 is 20.1 Å². The van der Waals surface area contributed by atoms with E-state index in [1.807, 2.05) is 13.8 Å². The van der Waals surface area contributed by atoms with Gasteiger partial charge >= 0.3 is 5.97 Å². The van der Waals surface area contributed by atoms with Crippen molar-refractivity contribution in [3.8, 4) is 0 Å². The second-order valence-corrected chi connectivity index (χ2v) is 4.66.